The first-order valence-corrected chi connectivity index (χ1v) is 8.79. The molecule has 0 radical (unpaired) electrons. The zero-order valence-electron chi connectivity index (χ0n) is 14.5. The Morgan fingerprint density at radius 2 is 1.83 bits per heavy atom. The van der Waals surface area contributed by atoms with Crippen molar-refractivity contribution in [2.45, 2.75) is 64.0 Å². The number of aliphatic hydroxyl groups excluding tert-OH is 1. The molecule has 1 aliphatic carbocycles. The van der Waals surface area contributed by atoms with Gasteiger partial charge in [-0.3, -0.25) is 0 Å². The highest BCUT2D eigenvalue weighted by atomic mass is 35.5. The first-order chi connectivity index (χ1) is 10.7. The lowest BCUT2D eigenvalue weighted by Crippen LogP contribution is -2.40. The molecule has 1 fully saturated rings. The third-order valence-electron chi connectivity index (χ3n) is 4.60. The maximum Gasteiger partial charge on any atom is 0.119 e. The Morgan fingerprint density at radius 3 is 2.43 bits per heavy atom. The molecule has 3 nitrogen and oxygen atoms in total. The number of hydrogen-bond donors (Lipinski definition) is 1. The third-order valence-corrected chi connectivity index (χ3v) is 4.60. The zero-order chi connectivity index (χ0) is 15.8. The Balaban J connectivity index is 0.00000264. The maximum absolute atomic E-state index is 10.2. The molecule has 1 aliphatic rings. The topological polar surface area (TPSA) is 32.7 Å². The van der Waals surface area contributed by atoms with E-state index in [1.165, 1.54) is 37.7 Å². The molecule has 0 heterocycles. The Bertz CT molecular complexity index is 418. The first kappa shape index (κ1) is 20.3. The van der Waals surface area contributed by atoms with Gasteiger partial charge in [-0.1, -0.05) is 44.7 Å². The minimum atomic E-state index is -0.428. The SMILES string of the molecule is CCCc1ccc(OCC(O)CN(C)C2CCCCC2)cc1.Cl. The van der Waals surface area contributed by atoms with Gasteiger partial charge in [0.1, 0.15) is 18.5 Å². The van der Waals surface area contributed by atoms with Crippen LogP contribution in [0.3, 0.4) is 0 Å². The van der Waals surface area contributed by atoms with Gasteiger partial charge in [-0.15, -0.1) is 12.4 Å². The highest BCUT2D eigenvalue weighted by molar-refractivity contribution is 5.85. The van der Waals surface area contributed by atoms with Gasteiger partial charge in [0, 0.05) is 12.6 Å². The number of aliphatic hydroxyl groups is 1. The average molecular weight is 342 g/mol. The van der Waals surface area contributed by atoms with E-state index in [-0.39, 0.29) is 12.4 Å². The second kappa shape index (κ2) is 10.9. The van der Waals surface area contributed by atoms with Gasteiger partial charge >= 0.3 is 0 Å². The monoisotopic (exact) mass is 341 g/mol. The molecule has 0 amide bonds. The molecule has 1 atom stereocenters. The van der Waals surface area contributed by atoms with E-state index in [4.69, 9.17) is 4.74 Å². The predicted molar refractivity (Wildman–Crippen MR) is 98.7 cm³/mol. The molecule has 0 aromatic heterocycles. The lowest BCUT2D eigenvalue weighted by Gasteiger charge is -2.32. The van der Waals surface area contributed by atoms with Crippen molar-refractivity contribution in [2.24, 2.45) is 0 Å². The summed E-state index contributed by atoms with van der Waals surface area (Å²) in [6, 6.07) is 8.86. The summed E-state index contributed by atoms with van der Waals surface area (Å²) in [5, 5.41) is 10.2. The fraction of sp³-hybridized carbons (Fsp3) is 0.684. The number of rotatable bonds is 8. The number of benzene rings is 1. The van der Waals surface area contributed by atoms with Crippen molar-refractivity contribution < 1.29 is 9.84 Å². The smallest absolute Gasteiger partial charge is 0.119 e. The Hall–Kier alpha value is -0.770. The Kier molecular flexibility index (Phi) is 9.61. The number of halogens is 1. The lowest BCUT2D eigenvalue weighted by molar-refractivity contribution is 0.0561. The minimum Gasteiger partial charge on any atom is -0.491 e. The van der Waals surface area contributed by atoms with Gasteiger partial charge in [-0.25, -0.2) is 0 Å². The van der Waals surface area contributed by atoms with Crippen LogP contribution in [0.4, 0.5) is 0 Å². The summed E-state index contributed by atoms with van der Waals surface area (Å²) in [4.78, 5) is 2.30. The molecule has 1 aromatic rings. The molecule has 132 valence electrons. The third kappa shape index (κ3) is 7.11. The number of aryl methyl sites for hydroxylation is 1. The molecule has 4 heteroatoms. The molecule has 0 spiro atoms. The molecule has 1 unspecified atom stereocenters. The average Bonchev–Trinajstić information content (AvgIpc) is 2.55. The van der Waals surface area contributed by atoms with Gasteiger partial charge in [0.2, 0.25) is 0 Å². The van der Waals surface area contributed by atoms with Gasteiger partial charge in [0.25, 0.3) is 0 Å². The van der Waals surface area contributed by atoms with Crippen LogP contribution in [0.1, 0.15) is 51.0 Å². The van der Waals surface area contributed by atoms with Crippen LogP contribution >= 0.6 is 12.4 Å². The van der Waals surface area contributed by atoms with Crippen LogP contribution < -0.4 is 4.74 Å². The molecule has 23 heavy (non-hydrogen) atoms. The van der Waals surface area contributed by atoms with Crippen molar-refractivity contribution in [3.8, 4) is 5.75 Å². The first-order valence-electron chi connectivity index (χ1n) is 8.79. The van der Waals surface area contributed by atoms with Crippen molar-refractivity contribution in [1.29, 1.82) is 0 Å². The zero-order valence-corrected chi connectivity index (χ0v) is 15.4. The summed E-state index contributed by atoms with van der Waals surface area (Å²) >= 11 is 0. The van der Waals surface area contributed by atoms with E-state index in [1.807, 2.05) is 12.1 Å². The van der Waals surface area contributed by atoms with E-state index in [0.717, 1.165) is 18.6 Å². The second-order valence-electron chi connectivity index (χ2n) is 6.59. The van der Waals surface area contributed by atoms with E-state index in [1.54, 1.807) is 0 Å². The van der Waals surface area contributed by atoms with E-state index >= 15 is 0 Å². The van der Waals surface area contributed by atoms with Crippen LogP contribution in [0.2, 0.25) is 0 Å². The normalized spacial score (nSPS) is 16.9. The molecule has 0 aliphatic heterocycles. The van der Waals surface area contributed by atoms with Crippen LogP contribution in [-0.4, -0.2) is 42.4 Å². The second-order valence-corrected chi connectivity index (χ2v) is 6.59. The summed E-state index contributed by atoms with van der Waals surface area (Å²) in [6.45, 7) is 3.24. The molecule has 1 saturated carbocycles. The standard InChI is InChI=1S/C19H31NO2.ClH/c1-3-7-16-10-12-19(13-11-16)22-15-18(21)14-20(2)17-8-5-4-6-9-17;/h10-13,17-18,21H,3-9,14-15H2,1-2H3;1H. The predicted octanol–water partition coefficient (Wildman–Crippen LogP) is 4.07. The lowest BCUT2D eigenvalue weighted by atomic mass is 9.94. The molecule has 1 N–H and O–H groups in total. The molecule has 2 rings (SSSR count). The highest BCUT2D eigenvalue weighted by Gasteiger charge is 2.20. The minimum absolute atomic E-state index is 0. The molecular weight excluding hydrogens is 310 g/mol. The number of ether oxygens (including phenoxy) is 1. The van der Waals surface area contributed by atoms with Crippen LogP contribution in [0.5, 0.6) is 5.75 Å². The summed E-state index contributed by atoms with van der Waals surface area (Å²) < 4.78 is 5.71. The van der Waals surface area contributed by atoms with E-state index in [9.17, 15) is 5.11 Å². The van der Waals surface area contributed by atoms with Gasteiger partial charge in [0.05, 0.1) is 0 Å². The fourth-order valence-corrected chi connectivity index (χ4v) is 3.29. The van der Waals surface area contributed by atoms with Crippen LogP contribution in [0.15, 0.2) is 24.3 Å². The highest BCUT2D eigenvalue weighted by Crippen LogP contribution is 2.21. The van der Waals surface area contributed by atoms with Crippen molar-refractivity contribution >= 4 is 12.4 Å². The quantitative estimate of drug-likeness (QED) is 0.773. The van der Waals surface area contributed by atoms with Gasteiger partial charge < -0.3 is 14.7 Å². The number of likely N-dealkylation sites (N-methyl/N-ethyl adjacent to an activating group) is 1. The molecule has 0 bridgehead atoms. The van der Waals surface area contributed by atoms with E-state index < -0.39 is 6.10 Å². The molecule has 0 saturated heterocycles. The summed E-state index contributed by atoms with van der Waals surface area (Å²) in [7, 11) is 2.12. The molecular formula is C19H32ClNO2. The van der Waals surface area contributed by atoms with Gasteiger partial charge in [-0.2, -0.15) is 0 Å². The molecule has 1 aromatic carbocycles. The van der Waals surface area contributed by atoms with Crippen molar-refractivity contribution in [2.75, 3.05) is 20.2 Å². The Labute approximate surface area is 147 Å². The Morgan fingerprint density at radius 1 is 1.17 bits per heavy atom. The van der Waals surface area contributed by atoms with Crippen LogP contribution in [0, 0.1) is 0 Å². The van der Waals surface area contributed by atoms with Gasteiger partial charge in [-0.05, 0) is 44.0 Å². The number of hydrogen-bond acceptors (Lipinski definition) is 3. The maximum atomic E-state index is 10.2. The fourth-order valence-electron chi connectivity index (χ4n) is 3.29. The summed E-state index contributed by atoms with van der Waals surface area (Å²) in [5.74, 6) is 0.847. The van der Waals surface area contributed by atoms with Gasteiger partial charge in [0.15, 0.2) is 0 Å². The van der Waals surface area contributed by atoms with Crippen LogP contribution in [0.25, 0.3) is 0 Å². The largest absolute Gasteiger partial charge is 0.491 e. The van der Waals surface area contributed by atoms with E-state index in [0.29, 0.717) is 19.2 Å². The number of nitrogens with zero attached hydrogens (tertiary/aromatic N) is 1. The van der Waals surface area contributed by atoms with Crippen molar-refractivity contribution in [3.05, 3.63) is 29.8 Å². The van der Waals surface area contributed by atoms with Crippen molar-refractivity contribution in [1.82, 2.24) is 4.90 Å². The summed E-state index contributed by atoms with van der Waals surface area (Å²) in [6.07, 6.45) is 8.39. The van der Waals surface area contributed by atoms with E-state index in [2.05, 4.69) is 31.0 Å². The van der Waals surface area contributed by atoms with Crippen LogP contribution in [-0.2, 0) is 6.42 Å². The van der Waals surface area contributed by atoms with Crippen molar-refractivity contribution in [3.63, 3.8) is 0 Å². The summed E-state index contributed by atoms with van der Waals surface area (Å²) in [5.41, 5.74) is 1.34.